The van der Waals surface area contributed by atoms with Gasteiger partial charge in [0.05, 0.1) is 22.4 Å². The zero-order chi connectivity index (χ0) is 14.2. The molecule has 2 atom stereocenters. The van der Waals surface area contributed by atoms with Crippen LogP contribution in [0, 0.1) is 11.6 Å². The van der Waals surface area contributed by atoms with Crippen molar-refractivity contribution < 1.29 is 18.3 Å². The van der Waals surface area contributed by atoms with E-state index in [0.717, 1.165) is 25.3 Å². The van der Waals surface area contributed by atoms with E-state index in [2.05, 4.69) is 21.2 Å². The second-order valence-corrected chi connectivity index (χ2v) is 6.27. The molecule has 2 aliphatic rings. The topological polar surface area (TPSA) is 30.5 Å². The fourth-order valence-electron chi connectivity index (χ4n) is 2.87. The van der Waals surface area contributed by atoms with E-state index in [1.54, 1.807) is 0 Å². The molecule has 2 aliphatic heterocycles. The number of ether oxygens (including phenoxy) is 2. The molecule has 3 nitrogen and oxygen atoms in total. The highest BCUT2D eigenvalue weighted by Gasteiger charge is 2.41. The average molecular weight is 348 g/mol. The van der Waals surface area contributed by atoms with Crippen LogP contribution in [-0.4, -0.2) is 31.5 Å². The Morgan fingerprint density at radius 1 is 1.25 bits per heavy atom. The van der Waals surface area contributed by atoms with E-state index in [4.69, 9.17) is 9.47 Å². The van der Waals surface area contributed by atoms with Gasteiger partial charge in [-0.2, -0.15) is 0 Å². The number of hydrogen-bond donors (Lipinski definition) is 1. The summed E-state index contributed by atoms with van der Waals surface area (Å²) in [7, 11) is 0. The molecule has 2 unspecified atom stereocenters. The van der Waals surface area contributed by atoms with Crippen molar-refractivity contribution >= 4 is 21.6 Å². The van der Waals surface area contributed by atoms with Gasteiger partial charge in [-0.3, -0.25) is 0 Å². The van der Waals surface area contributed by atoms with Crippen molar-refractivity contribution in [2.24, 2.45) is 0 Å². The van der Waals surface area contributed by atoms with Gasteiger partial charge in [-0.05, 0) is 34.8 Å². The Labute approximate surface area is 124 Å². The Hall–Kier alpha value is -0.720. The van der Waals surface area contributed by atoms with Crippen LogP contribution in [0.2, 0.25) is 0 Å². The molecule has 0 aliphatic carbocycles. The molecular weight excluding hydrogens is 332 g/mol. The summed E-state index contributed by atoms with van der Waals surface area (Å²) in [4.78, 5) is 0. The van der Waals surface area contributed by atoms with Gasteiger partial charge in [0.15, 0.2) is 0 Å². The summed E-state index contributed by atoms with van der Waals surface area (Å²) >= 11 is 2.97. The highest BCUT2D eigenvalue weighted by molar-refractivity contribution is 9.10. The third kappa shape index (κ3) is 2.82. The highest BCUT2D eigenvalue weighted by atomic mass is 79.9. The fourth-order valence-corrected chi connectivity index (χ4v) is 3.18. The maximum atomic E-state index is 13.8. The first-order chi connectivity index (χ1) is 9.58. The van der Waals surface area contributed by atoms with Gasteiger partial charge < -0.3 is 14.8 Å². The summed E-state index contributed by atoms with van der Waals surface area (Å²) in [6.07, 6.45) is 2.39. The van der Waals surface area contributed by atoms with Crippen molar-refractivity contribution in [3.8, 4) is 0 Å². The Kier molecular flexibility index (Phi) is 3.97. The molecule has 1 aromatic carbocycles. The molecule has 0 amide bonds. The minimum atomic E-state index is -0.472. The van der Waals surface area contributed by atoms with E-state index in [1.807, 2.05) is 0 Å². The monoisotopic (exact) mass is 347 g/mol. The number of benzene rings is 1. The maximum absolute atomic E-state index is 13.8. The SMILES string of the molecule is Fc1cc(NC2CCOC3(CCOC3)C2)c(F)cc1Br. The van der Waals surface area contributed by atoms with Crippen molar-refractivity contribution in [1.82, 2.24) is 0 Å². The number of hydrogen-bond acceptors (Lipinski definition) is 3. The Morgan fingerprint density at radius 2 is 2.10 bits per heavy atom. The van der Waals surface area contributed by atoms with Crippen molar-refractivity contribution in [2.45, 2.75) is 30.9 Å². The molecule has 1 N–H and O–H groups in total. The van der Waals surface area contributed by atoms with Crippen molar-refractivity contribution in [3.05, 3.63) is 28.2 Å². The van der Waals surface area contributed by atoms with Crippen LogP contribution in [0.5, 0.6) is 0 Å². The van der Waals surface area contributed by atoms with Gasteiger partial charge in [0.1, 0.15) is 11.6 Å². The number of anilines is 1. The predicted molar refractivity (Wildman–Crippen MR) is 74.8 cm³/mol. The van der Waals surface area contributed by atoms with Crippen LogP contribution in [0.3, 0.4) is 0 Å². The molecule has 110 valence electrons. The zero-order valence-electron chi connectivity index (χ0n) is 10.9. The highest BCUT2D eigenvalue weighted by Crippen LogP contribution is 2.34. The maximum Gasteiger partial charge on any atom is 0.147 e. The molecule has 20 heavy (non-hydrogen) atoms. The molecular formula is C14H16BrF2NO2. The summed E-state index contributed by atoms with van der Waals surface area (Å²) in [5, 5.41) is 3.10. The molecule has 0 aromatic heterocycles. The second kappa shape index (κ2) is 5.58. The minimum absolute atomic E-state index is 0.0699. The van der Waals surface area contributed by atoms with Crippen LogP contribution in [-0.2, 0) is 9.47 Å². The smallest absolute Gasteiger partial charge is 0.147 e. The minimum Gasteiger partial charge on any atom is -0.380 e. The standard InChI is InChI=1S/C14H16BrF2NO2/c15-10-5-12(17)13(6-11(10)16)18-9-1-3-20-14(7-9)2-4-19-8-14/h5-6,9,18H,1-4,7-8H2. The van der Waals surface area contributed by atoms with E-state index >= 15 is 0 Å². The molecule has 2 heterocycles. The van der Waals surface area contributed by atoms with Crippen molar-refractivity contribution in [3.63, 3.8) is 0 Å². The summed E-state index contributed by atoms with van der Waals surface area (Å²) in [5.74, 6) is -0.929. The van der Waals surface area contributed by atoms with E-state index in [0.29, 0.717) is 19.8 Å². The molecule has 2 saturated heterocycles. The third-order valence-electron chi connectivity index (χ3n) is 3.93. The normalized spacial score (nSPS) is 29.9. The van der Waals surface area contributed by atoms with Crippen LogP contribution in [0.25, 0.3) is 0 Å². The third-order valence-corrected chi connectivity index (χ3v) is 4.54. The summed E-state index contributed by atoms with van der Waals surface area (Å²) in [5.41, 5.74) is -0.0491. The van der Waals surface area contributed by atoms with Gasteiger partial charge in [0, 0.05) is 31.7 Å². The predicted octanol–water partition coefficient (Wildman–Crippen LogP) is 3.48. The van der Waals surface area contributed by atoms with E-state index < -0.39 is 11.6 Å². The Morgan fingerprint density at radius 3 is 2.85 bits per heavy atom. The average Bonchev–Trinajstić information content (AvgIpc) is 2.84. The van der Waals surface area contributed by atoms with Crippen LogP contribution in [0.15, 0.2) is 16.6 Å². The van der Waals surface area contributed by atoms with Gasteiger partial charge in [0.25, 0.3) is 0 Å². The van der Waals surface area contributed by atoms with Crippen molar-refractivity contribution in [1.29, 1.82) is 0 Å². The Balaban J connectivity index is 1.73. The first-order valence-corrected chi connectivity index (χ1v) is 7.50. The van der Waals surface area contributed by atoms with Gasteiger partial charge in [0.2, 0.25) is 0 Å². The van der Waals surface area contributed by atoms with Crippen LogP contribution < -0.4 is 5.32 Å². The second-order valence-electron chi connectivity index (χ2n) is 5.41. The molecule has 3 rings (SSSR count). The first-order valence-electron chi connectivity index (χ1n) is 6.71. The van der Waals surface area contributed by atoms with E-state index in [1.165, 1.54) is 6.07 Å². The number of halogens is 3. The fraction of sp³-hybridized carbons (Fsp3) is 0.571. The largest absolute Gasteiger partial charge is 0.380 e. The molecule has 1 aromatic rings. The van der Waals surface area contributed by atoms with Crippen molar-refractivity contribution in [2.75, 3.05) is 25.1 Å². The lowest BCUT2D eigenvalue weighted by Gasteiger charge is -2.37. The lowest BCUT2D eigenvalue weighted by molar-refractivity contribution is -0.0828. The zero-order valence-corrected chi connectivity index (χ0v) is 12.5. The summed E-state index contributed by atoms with van der Waals surface area (Å²) in [6, 6.07) is 2.40. The quantitative estimate of drug-likeness (QED) is 0.831. The lowest BCUT2D eigenvalue weighted by atomic mass is 9.89. The first kappa shape index (κ1) is 14.2. The van der Waals surface area contributed by atoms with Crippen LogP contribution in [0.4, 0.5) is 14.5 Å². The summed E-state index contributed by atoms with van der Waals surface area (Å²) < 4.78 is 38.7. The van der Waals surface area contributed by atoms with E-state index in [9.17, 15) is 8.78 Å². The van der Waals surface area contributed by atoms with Crippen LogP contribution in [0.1, 0.15) is 19.3 Å². The Bertz CT molecular complexity index is 506. The molecule has 0 radical (unpaired) electrons. The molecule has 0 saturated carbocycles. The molecule has 6 heteroatoms. The van der Waals surface area contributed by atoms with Crippen LogP contribution >= 0.6 is 15.9 Å². The van der Waals surface area contributed by atoms with E-state index in [-0.39, 0.29) is 21.8 Å². The molecule has 1 spiro atoms. The van der Waals surface area contributed by atoms with Gasteiger partial charge in [-0.25, -0.2) is 8.78 Å². The molecule has 0 bridgehead atoms. The lowest BCUT2D eigenvalue weighted by Crippen LogP contribution is -2.45. The molecule has 2 fully saturated rings. The summed E-state index contributed by atoms with van der Waals surface area (Å²) in [6.45, 7) is 1.90. The van der Waals surface area contributed by atoms with Gasteiger partial charge >= 0.3 is 0 Å². The van der Waals surface area contributed by atoms with Gasteiger partial charge in [-0.15, -0.1) is 0 Å². The number of nitrogens with one attached hydrogen (secondary N) is 1. The number of rotatable bonds is 2. The van der Waals surface area contributed by atoms with Gasteiger partial charge in [-0.1, -0.05) is 0 Å².